The van der Waals surface area contributed by atoms with Gasteiger partial charge in [0.1, 0.15) is 12.3 Å². The first-order valence-electron chi connectivity index (χ1n) is 13.8. The zero-order valence-electron chi connectivity index (χ0n) is 22.9. The molecule has 0 bridgehead atoms. The Balaban J connectivity index is 1.26. The van der Waals surface area contributed by atoms with Crippen molar-refractivity contribution in [3.8, 4) is 0 Å². The SMILES string of the molecule is C=C=Cc1c(C(=O)NCC(F)(F)F)ccc2nn(CC3CCN(C(=O)C4=Nc5ccccc5CCC4C)CC3)cc12. The normalized spacial score (nSPS) is 17.8. The Kier molecular flexibility index (Phi) is 8.13. The molecule has 1 aromatic heterocycles. The van der Waals surface area contributed by atoms with Gasteiger partial charge in [-0.15, -0.1) is 5.73 Å². The van der Waals surface area contributed by atoms with Crippen LogP contribution in [0.1, 0.15) is 47.7 Å². The minimum absolute atomic E-state index is 0.00895. The molecular weight excluding hydrogens is 531 g/mol. The third-order valence-corrected chi connectivity index (χ3v) is 7.83. The van der Waals surface area contributed by atoms with Crippen LogP contribution in [0.4, 0.5) is 18.9 Å². The quantitative estimate of drug-likeness (QED) is 0.390. The number of nitrogens with zero attached hydrogens (tertiary/aromatic N) is 4. The molecule has 2 aromatic carbocycles. The first-order valence-corrected chi connectivity index (χ1v) is 13.8. The van der Waals surface area contributed by atoms with E-state index in [9.17, 15) is 22.8 Å². The molecule has 3 heterocycles. The van der Waals surface area contributed by atoms with Crippen LogP contribution in [0.25, 0.3) is 17.0 Å². The summed E-state index contributed by atoms with van der Waals surface area (Å²) < 4.78 is 39.7. The number of aliphatic imine (C=N–C) groups is 1. The number of alkyl halides is 3. The van der Waals surface area contributed by atoms with Crippen LogP contribution in [0.3, 0.4) is 0 Å². The second-order valence-electron chi connectivity index (χ2n) is 10.8. The molecule has 2 aliphatic heterocycles. The highest BCUT2D eigenvalue weighted by Crippen LogP contribution is 2.29. The summed E-state index contributed by atoms with van der Waals surface area (Å²) in [6, 6.07) is 11.1. The number of fused-ring (bicyclic) bond motifs is 2. The van der Waals surface area contributed by atoms with E-state index in [-0.39, 0.29) is 23.3 Å². The molecule has 0 radical (unpaired) electrons. The number of carbonyl (C=O) groups is 2. The van der Waals surface area contributed by atoms with E-state index in [0.717, 1.165) is 31.4 Å². The molecule has 0 saturated carbocycles. The van der Waals surface area contributed by atoms with Gasteiger partial charge in [0.2, 0.25) is 0 Å². The molecule has 2 amide bonds. The monoisotopic (exact) mass is 563 g/mol. The first kappa shape index (κ1) is 28.4. The highest BCUT2D eigenvalue weighted by atomic mass is 19.4. The molecule has 1 atom stereocenters. The molecule has 1 fully saturated rings. The van der Waals surface area contributed by atoms with Crippen LogP contribution in [0.15, 0.2) is 59.9 Å². The fourth-order valence-electron chi connectivity index (χ4n) is 5.57. The predicted octanol–water partition coefficient (Wildman–Crippen LogP) is 5.72. The lowest BCUT2D eigenvalue weighted by atomic mass is 9.94. The molecule has 41 heavy (non-hydrogen) atoms. The first-order chi connectivity index (χ1) is 19.6. The lowest BCUT2D eigenvalue weighted by Crippen LogP contribution is -2.44. The van der Waals surface area contributed by atoms with E-state index in [1.54, 1.807) is 16.9 Å². The standard InChI is InChI=1S/C31H32F3N5O2/c1-3-6-23-24(29(40)35-19-31(32,33)34)11-12-27-25(23)18-39(37-27)17-21-13-15-38(16-14-21)30(41)28-20(2)9-10-22-7-4-5-8-26(22)36-28/h4-8,11-12,18,20-21H,1,9-10,13-17,19H2,2H3,(H,35,40). The van der Waals surface area contributed by atoms with Gasteiger partial charge >= 0.3 is 6.18 Å². The van der Waals surface area contributed by atoms with Crippen molar-refractivity contribution >= 4 is 40.2 Å². The van der Waals surface area contributed by atoms with Gasteiger partial charge < -0.3 is 10.2 Å². The summed E-state index contributed by atoms with van der Waals surface area (Å²) in [5.41, 5.74) is 6.45. The van der Waals surface area contributed by atoms with Crippen LogP contribution in [-0.4, -0.2) is 58.0 Å². The largest absolute Gasteiger partial charge is 0.405 e. The lowest BCUT2D eigenvalue weighted by molar-refractivity contribution is -0.126. The van der Waals surface area contributed by atoms with Crippen molar-refractivity contribution in [2.75, 3.05) is 19.6 Å². The molecule has 3 aromatic rings. The van der Waals surface area contributed by atoms with Crippen molar-refractivity contribution in [3.63, 3.8) is 0 Å². The molecule has 0 spiro atoms. The Morgan fingerprint density at radius 1 is 1.15 bits per heavy atom. The van der Waals surface area contributed by atoms with Crippen LogP contribution in [0, 0.1) is 11.8 Å². The molecule has 5 rings (SSSR count). The number of hydrogen-bond donors (Lipinski definition) is 1. The Morgan fingerprint density at radius 2 is 1.90 bits per heavy atom. The van der Waals surface area contributed by atoms with Crippen LogP contribution in [0.5, 0.6) is 0 Å². The maximum atomic E-state index is 13.5. The number of hydrogen-bond acceptors (Lipinski definition) is 4. The number of para-hydroxylation sites is 1. The maximum Gasteiger partial charge on any atom is 0.405 e. The fourth-order valence-corrected chi connectivity index (χ4v) is 5.57. The van der Waals surface area contributed by atoms with E-state index in [1.165, 1.54) is 17.7 Å². The maximum absolute atomic E-state index is 13.5. The van der Waals surface area contributed by atoms with E-state index in [0.29, 0.717) is 41.8 Å². The smallest absolute Gasteiger partial charge is 0.343 e. The zero-order chi connectivity index (χ0) is 29.1. The number of amides is 2. The van der Waals surface area contributed by atoms with Crippen LogP contribution < -0.4 is 5.32 Å². The van der Waals surface area contributed by atoms with Gasteiger partial charge in [0.15, 0.2) is 0 Å². The second-order valence-corrected chi connectivity index (χ2v) is 10.8. The molecule has 10 heteroatoms. The van der Waals surface area contributed by atoms with Crippen molar-refractivity contribution in [2.24, 2.45) is 16.8 Å². The summed E-state index contributed by atoms with van der Waals surface area (Å²) in [5, 5.41) is 7.20. The minimum Gasteiger partial charge on any atom is -0.343 e. The average molecular weight is 564 g/mol. The summed E-state index contributed by atoms with van der Waals surface area (Å²) in [7, 11) is 0. The van der Waals surface area contributed by atoms with Gasteiger partial charge in [0.05, 0.1) is 11.2 Å². The van der Waals surface area contributed by atoms with Gasteiger partial charge in [0, 0.05) is 48.3 Å². The molecule has 2 aliphatic rings. The fraction of sp³-hybridized carbons (Fsp3) is 0.387. The number of piperidine rings is 1. The number of likely N-dealkylation sites (tertiary alicyclic amines) is 1. The van der Waals surface area contributed by atoms with Gasteiger partial charge in [-0.05, 0) is 61.4 Å². The molecule has 1 saturated heterocycles. The Bertz CT molecular complexity index is 1540. The van der Waals surface area contributed by atoms with Crippen molar-refractivity contribution in [1.29, 1.82) is 0 Å². The third-order valence-electron chi connectivity index (χ3n) is 7.83. The van der Waals surface area contributed by atoms with E-state index < -0.39 is 18.6 Å². The summed E-state index contributed by atoms with van der Waals surface area (Å²) in [5.74, 6) is -0.444. The summed E-state index contributed by atoms with van der Waals surface area (Å²) in [6.07, 6.45) is 2.19. The Morgan fingerprint density at radius 3 is 2.63 bits per heavy atom. The molecule has 214 valence electrons. The van der Waals surface area contributed by atoms with Crippen LogP contribution >= 0.6 is 0 Å². The van der Waals surface area contributed by atoms with Gasteiger partial charge in [-0.1, -0.05) is 31.7 Å². The van der Waals surface area contributed by atoms with E-state index in [1.807, 2.05) is 28.4 Å². The average Bonchev–Trinajstić information content (AvgIpc) is 3.28. The molecule has 7 nitrogen and oxygen atoms in total. The van der Waals surface area contributed by atoms with Gasteiger partial charge in [-0.3, -0.25) is 14.3 Å². The van der Waals surface area contributed by atoms with Crippen molar-refractivity contribution in [2.45, 2.75) is 45.3 Å². The third kappa shape index (κ3) is 6.43. The molecule has 1 N–H and O–H groups in total. The predicted molar refractivity (Wildman–Crippen MR) is 152 cm³/mol. The number of rotatable bonds is 6. The van der Waals surface area contributed by atoms with E-state index >= 15 is 0 Å². The molecule has 0 aliphatic carbocycles. The van der Waals surface area contributed by atoms with Gasteiger partial charge in [0.25, 0.3) is 11.8 Å². The van der Waals surface area contributed by atoms with Gasteiger partial charge in [-0.25, -0.2) is 4.99 Å². The summed E-state index contributed by atoms with van der Waals surface area (Å²) in [4.78, 5) is 32.7. The number of aryl methyl sites for hydroxylation is 1. The lowest BCUT2D eigenvalue weighted by Gasteiger charge is -2.33. The number of carbonyl (C=O) groups excluding carboxylic acids is 2. The second kappa shape index (κ2) is 11.7. The zero-order valence-corrected chi connectivity index (χ0v) is 22.9. The number of nitrogens with one attached hydrogen (secondary N) is 1. The summed E-state index contributed by atoms with van der Waals surface area (Å²) >= 11 is 0. The Labute approximate surface area is 236 Å². The van der Waals surface area contributed by atoms with Crippen LogP contribution in [-0.2, 0) is 17.8 Å². The van der Waals surface area contributed by atoms with Crippen molar-refractivity contribution < 1.29 is 22.8 Å². The molecular formula is C31H32F3N5O2. The van der Waals surface area contributed by atoms with Crippen LogP contribution in [0.2, 0.25) is 0 Å². The minimum atomic E-state index is -4.51. The van der Waals surface area contributed by atoms with Crippen molar-refractivity contribution in [1.82, 2.24) is 20.0 Å². The highest BCUT2D eigenvalue weighted by molar-refractivity contribution is 6.40. The number of halogens is 3. The molecule has 1 unspecified atom stereocenters. The summed E-state index contributed by atoms with van der Waals surface area (Å²) in [6.45, 7) is 6.10. The van der Waals surface area contributed by atoms with E-state index in [2.05, 4.69) is 30.4 Å². The topological polar surface area (TPSA) is 79.6 Å². The number of benzene rings is 2. The highest BCUT2D eigenvalue weighted by Gasteiger charge is 2.31. The van der Waals surface area contributed by atoms with Gasteiger partial charge in [-0.2, -0.15) is 18.3 Å². The van der Waals surface area contributed by atoms with Crippen molar-refractivity contribution in [3.05, 3.63) is 71.6 Å². The Hall–Kier alpha value is -4.17. The number of aromatic nitrogens is 2. The van der Waals surface area contributed by atoms with E-state index in [4.69, 9.17) is 4.99 Å².